The van der Waals surface area contributed by atoms with E-state index in [1.807, 2.05) is 0 Å². The van der Waals surface area contributed by atoms with Crippen LogP contribution in [-0.4, -0.2) is 31.2 Å². The summed E-state index contributed by atoms with van der Waals surface area (Å²) in [6.07, 6.45) is 6.74. The van der Waals surface area contributed by atoms with Gasteiger partial charge in [0, 0.05) is 13.1 Å². The standard InChI is InChI=1S/C17H32N2O2/c1-16(2,3)14-6-8-17(12-18,9-7-14)21-11-15(20)19-10-13-4-5-13/h13-14H,4-12,18H2,1-3H3,(H,19,20). The fourth-order valence-corrected chi connectivity index (χ4v) is 3.27. The van der Waals surface area contributed by atoms with Gasteiger partial charge in [-0.1, -0.05) is 20.8 Å². The summed E-state index contributed by atoms with van der Waals surface area (Å²) in [7, 11) is 0. The second-order valence-electron chi connectivity index (χ2n) is 8.06. The molecule has 122 valence electrons. The number of ether oxygens (including phenoxy) is 1. The molecule has 0 saturated heterocycles. The average Bonchev–Trinajstić information content (AvgIpc) is 3.26. The quantitative estimate of drug-likeness (QED) is 0.791. The van der Waals surface area contributed by atoms with E-state index in [-0.39, 0.29) is 18.1 Å². The molecule has 3 N–H and O–H groups in total. The van der Waals surface area contributed by atoms with E-state index in [9.17, 15) is 4.79 Å². The van der Waals surface area contributed by atoms with Crippen LogP contribution in [0.5, 0.6) is 0 Å². The van der Waals surface area contributed by atoms with Crippen molar-refractivity contribution in [2.45, 2.75) is 64.9 Å². The van der Waals surface area contributed by atoms with Crippen LogP contribution >= 0.6 is 0 Å². The van der Waals surface area contributed by atoms with Crippen molar-refractivity contribution >= 4 is 5.91 Å². The zero-order valence-electron chi connectivity index (χ0n) is 13.9. The highest BCUT2D eigenvalue weighted by atomic mass is 16.5. The number of hydrogen-bond donors (Lipinski definition) is 2. The van der Waals surface area contributed by atoms with Crippen LogP contribution in [-0.2, 0) is 9.53 Å². The number of amides is 1. The lowest BCUT2D eigenvalue weighted by Gasteiger charge is -2.43. The Morgan fingerprint density at radius 3 is 2.33 bits per heavy atom. The number of hydrogen-bond acceptors (Lipinski definition) is 3. The minimum Gasteiger partial charge on any atom is -0.364 e. The molecule has 0 unspecified atom stereocenters. The highest BCUT2D eigenvalue weighted by Gasteiger charge is 2.39. The first kappa shape index (κ1) is 16.8. The van der Waals surface area contributed by atoms with E-state index in [1.165, 1.54) is 12.8 Å². The van der Waals surface area contributed by atoms with Gasteiger partial charge in [-0.3, -0.25) is 4.79 Å². The van der Waals surface area contributed by atoms with Crippen LogP contribution < -0.4 is 11.1 Å². The lowest BCUT2D eigenvalue weighted by Crippen LogP contribution is -2.47. The Bertz CT molecular complexity index is 350. The highest BCUT2D eigenvalue weighted by Crippen LogP contribution is 2.42. The average molecular weight is 296 g/mol. The SMILES string of the molecule is CC(C)(C)C1CCC(CN)(OCC(=O)NCC2CC2)CC1. The molecule has 2 aliphatic rings. The van der Waals surface area contributed by atoms with Gasteiger partial charge < -0.3 is 15.8 Å². The molecule has 0 spiro atoms. The third-order valence-electron chi connectivity index (χ3n) is 5.29. The Kier molecular flexibility index (Phi) is 5.31. The molecule has 0 aliphatic heterocycles. The van der Waals surface area contributed by atoms with E-state index < -0.39 is 0 Å². The van der Waals surface area contributed by atoms with E-state index in [4.69, 9.17) is 10.5 Å². The molecule has 1 amide bonds. The molecule has 4 heteroatoms. The molecule has 0 bridgehead atoms. The summed E-state index contributed by atoms with van der Waals surface area (Å²) < 4.78 is 5.96. The van der Waals surface area contributed by atoms with Crippen molar-refractivity contribution in [2.75, 3.05) is 19.7 Å². The summed E-state index contributed by atoms with van der Waals surface area (Å²) in [5, 5.41) is 2.95. The minimum absolute atomic E-state index is 0.00710. The van der Waals surface area contributed by atoms with Crippen LogP contribution in [0.2, 0.25) is 0 Å². The molecule has 0 aromatic carbocycles. The molecule has 2 fully saturated rings. The number of rotatable bonds is 6. The first-order chi connectivity index (χ1) is 9.85. The molecule has 21 heavy (non-hydrogen) atoms. The van der Waals surface area contributed by atoms with Gasteiger partial charge in [0.15, 0.2) is 0 Å². The largest absolute Gasteiger partial charge is 0.364 e. The second-order valence-corrected chi connectivity index (χ2v) is 8.06. The topological polar surface area (TPSA) is 64.3 Å². The van der Waals surface area contributed by atoms with Gasteiger partial charge in [0.25, 0.3) is 0 Å². The zero-order valence-corrected chi connectivity index (χ0v) is 13.9. The van der Waals surface area contributed by atoms with Crippen molar-refractivity contribution in [3.8, 4) is 0 Å². The van der Waals surface area contributed by atoms with E-state index in [1.54, 1.807) is 0 Å². The molecule has 4 nitrogen and oxygen atoms in total. The maximum Gasteiger partial charge on any atom is 0.246 e. The van der Waals surface area contributed by atoms with Crippen LogP contribution in [0.25, 0.3) is 0 Å². The molecular weight excluding hydrogens is 264 g/mol. The van der Waals surface area contributed by atoms with Gasteiger partial charge >= 0.3 is 0 Å². The van der Waals surface area contributed by atoms with E-state index in [0.29, 0.717) is 17.9 Å². The number of nitrogens with one attached hydrogen (secondary N) is 1. The molecular formula is C17H32N2O2. The number of carbonyl (C=O) groups is 1. The summed E-state index contributed by atoms with van der Waals surface area (Å²) in [5.74, 6) is 1.44. The van der Waals surface area contributed by atoms with Crippen molar-refractivity contribution < 1.29 is 9.53 Å². The zero-order chi connectivity index (χ0) is 15.5. The number of carbonyl (C=O) groups excluding carboxylic acids is 1. The molecule has 0 aromatic heterocycles. The van der Waals surface area contributed by atoms with Crippen molar-refractivity contribution in [1.82, 2.24) is 5.32 Å². The summed E-state index contributed by atoms with van der Waals surface area (Å²) in [4.78, 5) is 11.8. The Morgan fingerprint density at radius 1 is 1.24 bits per heavy atom. The first-order valence-corrected chi connectivity index (χ1v) is 8.45. The van der Waals surface area contributed by atoms with Crippen molar-refractivity contribution in [2.24, 2.45) is 23.0 Å². The van der Waals surface area contributed by atoms with Crippen molar-refractivity contribution in [3.05, 3.63) is 0 Å². The maximum absolute atomic E-state index is 11.8. The van der Waals surface area contributed by atoms with Crippen LogP contribution in [0.4, 0.5) is 0 Å². The Labute approximate surface area is 129 Å². The molecule has 0 heterocycles. The van der Waals surface area contributed by atoms with Crippen LogP contribution in [0.3, 0.4) is 0 Å². The monoisotopic (exact) mass is 296 g/mol. The third kappa shape index (κ3) is 4.96. The molecule has 2 rings (SSSR count). The lowest BCUT2D eigenvalue weighted by molar-refractivity contribution is -0.137. The van der Waals surface area contributed by atoms with E-state index in [2.05, 4.69) is 26.1 Å². The fourth-order valence-electron chi connectivity index (χ4n) is 3.27. The molecule has 2 aliphatic carbocycles. The van der Waals surface area contributed by atoms with Crippen LogP contribution in [0.15, 0.2) is 0 Å². The van der Waals surface area contributed by atoms with Gasteiger partial charge in [-0.25, -0.2) is 0 Å². The minimum atomic E-state index is -0.279. The Morgan fingerprint density at radius 2 is 1.86 bits per heavy atom. The Hall–Kier alpha value is -0.610. The number of nitrogens with two attached hydrogens (primary N) is 1. The van der Waals surface area contributed by atoms with Gasteiger partial charge in [0.05, 0.1) is 5.60 Å². The second kappa shape index (κ2) is 6.66. The summed E-state index contributed by atoms with van der Waals surface area (Å²) >= 11 is 0. The third-order valence-corrected chi connectivity index (χ3v) is 5.29. The highest BCUT2D eigenvalue weighted by molar-refractivity contribution is 5.77. The maximum atomic E-state index is 11.8. The van der Waals surface area contributed by atoms with Gasteiger partial charge in [-0.15, -0.1) is 0 Å². The van der Waals surface area contributed by atoms with Crippen molar-refractivity contribution in [1.29, 1.82) is 0 Å². The smallest absolute Gasteiger partial charge is 0.246 e. The molecule has 0 atom stereocenters. The van der Waals surface area contributed by atoms with Gasteiger partial charge in [-0.2, -0.15) is 0 Å². The summed E-state index contributed by atoms with van der Waals surface area (Å²) in [6.45, 7) is 8.39. The molecule has 0 aromatic rings. The van der Waals surface area contributed by atoms with Gasteiger partial charge in [-0.05, 0) is 55.8 Å². The molecule has 0 radical (unpaired) electrons. The predicted octanol–water partition coefficient (Wildman–Crippen LogP) is 2.46. The first-order valence-electron chi connectivity index (χ1n) is 8.45. The Balaban J connectivity index is 1.75. The van der Waals surface area contributed by atoms with E-state index >= 15 is 0 Å². The fraction of sp³-hybridized carbons (Fsp3) is 0.941. The van der Waals surface area contributed by atoms with Crippen molar-refractivity contribution in [3.63, 3.8) is 0 Å². The summed E-state index contributed by atoms with van der Waals surface area (Å²) in [6, 6.07) is 0. The normalized spacial score (nSPS) is 30.2. The van der Waals surface area contributed by atoms with Gasteiger partial charge in [0.2, 0.25) is 5.91 Å². The molecule has 2 saturated carbocycles. The van der Waals surface area contributed by atoms with Crippen LogP contribution in [0.1, 0.15) is 59.3 Å². The predicted molar refractivity (Wildman–Crippen MR) is 84.9 cm³/mol. The van der Waals surface area contributed by atoms with Gasteiger partial charge in [0.1, 0.15) is 6.61 Å². The van der Waals surface area contributed by atoms with E-state index in [0.717, 1.165) is 38.1 Å². The van der Waals surface area contributed by atoms with Crippen LogP contribution in [0, 0.1) is 17.3 Å². The lowest BCUT2D eigenvalue weighted by atomic mass is 9.68. The summed E-state index contributed by atoms with van der Waals surface area (Å²) in [5.41, 5.74) is 6.02.